The molecule has 1 saturated heterocycles. The van der Waals surface area contributed by atoms with E-state index in [0.717, 1.165) is 26.2 Å². The van der Waals surface area contributed by atoms with Gasteiger partial charge in [-0.3, -0.25) is 4.90 Å². The van der Waals surface area contributed by atoms with E-state index in [-0.39, 0.29) is 6.04 Å². The summed E-state index contributed by atoms with van der Waals surface area (Å²) in [4.78, 5) is 2.41. The molecule has 2 N–H and O–H groups in total. The molecule has 1 aromatic carbocycles. The summed E-state index contributed by atoms with van der Waals surface area (Å²) in [6.45, 7) is 8.19. The molecule has 2 unspecified atom stereocenters. The van der Waals surface area contributed by atoms with Crippen molar-refractivity contribution in [3.8, 4) is 0 Å². The third-order valence-corrected chi connectivity index (χ3v) is 3.98. The van der Waals surface area contributed by atoms with Gasteiger partial charge in [-0.2, -0.15) is 0 Å². The van der Waals surface area contributed by atoms with Crippen molar-refractivity contribution in [2.24, 2.45) is 5.73 Å². The smallest absolute Gasteiger partial charge is 0.0702 e. The van der Waals surface area contributed by atoms with Crippen molar-refractivity contribution < 1.29 is 4.74 Å². The predicted molar refractivity (Wildman–Crippen MR) is 79.2 cm³/mol. The topological polar surface area (TPSA) is 38.5 Å². The lowest BCUT2D eigenvalue weighted by Gasteiger charge is -2.27. The summed E-state index contributed by atoms with van der Waals surface area (Å²) in [6.07, 6.45) is 2.80. The van der Waals surface area contributed by atoms with Crippen molar-refractivity contribution in [2.45, 2.75) is 38.8 Å². The van der Waals surface area contributed by atoms with Crippen molar-refractivity contribution in [3.05, 3.63) is 35.4 Å². The Labute approximate surface area is 116 Å². The number of aryl methyl sites for hydroxylation is 1. The van der Waals surface area contributed by atoms with Crippen molar-refractivity contribution in [3.63, 3.8) is 0 Å². The van der Waals surface area contributed by atoms with E-state index in [4.69, 9.17) is 10.5 Å². The van der Waals surface area contributed by atoms with Gasteiger partial charge in [0.1, 0.15) is 0 Å². The zero-order valence-corrected chi connectivity index (χ0v) is 12.1. The van der Waals surface area contributed by atoms with Gasteiger partial charge in [0, 0.05) is 25.7 Å². The van der Waals surface area contributed by atoms with E-state index >= 15 is 0 Å². The molecular formula is C16H26N2O. The van der Waals surface area contributed by atoms with Gasteiger partial charge in [-0.05, 0) is 37.4 Å². The summed E-state index contributed by atoms with van der Waals surface area (Å²) in [5.74, 6) is 0. The Hall–Kier alpha value is -0.900. The Morgan fingerprint density at radius 2 is 2.21 bits per heavy atom. The van der Waals surface area contributed by atoms with E-state index in [2.05, 4.69) is 43.0 Å². The van der Waals surface area contributed by atoms with Gasteiger partial charge >= 0.3 is 0 Å². The second-order valence-electron chi connectivity index (χ2n) is 5.45. The summed E-state index contributed by atoms with van der Waals surface area (Å²) < 4.78 is 5.71. The second-order valence-corrected chi connectivity index (χ2v) is 5.45. The molecule has 1 aliphatic rings. The van der Waals surface area contributed by atoms with Crippen LogP contribution in [0.15, 0.2) is 24.3 Å². The molecule has 0 saturated carbocycles. The van der Waals surface area contributed by atoms with Crippen LogP contribution in [0.2, 0.25) is 0 Å². The number of nitrogens with two attached hydrogens (primary N) is 1. The van der Waals surface area contributed by atoms with Crippen LogP contribution < -0.4 is 5.73 Å². The van der Waals surface area contributed by atoms with Gasteiger partial charge in [0.25, 0.3) is 0 Å². The summed E-state index contributed by atoms with van der Waals surface area (Å²) in [5, 5.41) is 0. The molecule has 0 radical (unpaired) electrons. The molecule has 1 aliphatic heterocycles. The lowest BCUT2D eigenvalue weighted by atomic mass is 10.0. The number of hydrogen-bond donors (Lipinski definition) is 1. The van der Waals surface area contributed by atoms with Crippen molar-refractivity contribution in [1.29, 1.82) is 0 Å². The molecule has 19 heavy (non-hydrogen) atoms. The first kappa shape index (κ1) is 14.5. The summed E-state index contributed by atoms with van der Waals surface area (Å²) in [6, 6.07) is 8.49. The minimum atomic E-state index is 0.0857. The molecule has 0 spiro atoms. The van der Waals surface area contributed by atoms with Gasteiger partial charge in [0.2, 0.25) is 0 Å². The molecule has 1 heterocycles. The van der Waals surface area contributed by atoms with Gasteiger partial charge in [0.05, 0.1) is 6.10 Å². The molecular weight excluding hydrogens is 236 g/mol. The van der Waals surface area contributed by atoms with Crippen LogP contribution in [0.5, 0.6) is 0 Å². The molecule has 0 aromatic heterocycles. The molecule has 1 aromatic rings. The van der Waals surface area contributed by atoms with Gasteiger partial charge in [-0.1, -0.05) is 31.2 Å². The van der Waals surface area contributed by atoms with Crippen LogP contribution in [0.1, 0.15) is 36.9 Å². The molecule has 2 rings (SSSR count). The fourth-order valence-corrected chi connectivity index (χ4v) is 2.79. The molecule has 2 atom stereocenters. The lowest BCUT2D eigenvalue weighted by Crippen LogP contribution is -2.37. The monoisotopic (exact) mass is 262 g/mol. The highest BCUT2D eigenvalue weighted by atomic mass is 16.5. The first-order valence-electron chi connectivity index (χ1n) is 7.35. The maximum atomic E-state index is 6.36. The van der Waals surface area contributed by atoms with Crippen LogP contribution in [0.3, 0.4) is 0 Å². The summed E-state index contributed by atoms with van der Waals surface area (Å²) in [5.41, 5.74) is 8.90. The van der Waals surface area contributed by atoms with Crippen LogP contribution in [0, 0.1) is 6.92 Å². The number of benzene rings is 1. The van der Waals surface area contributed by atoms with E-state index in [1.807, 2.05) is 0 Å². The maximum Gasteiger partial charge on any atom is 0.0702 e. The Bertz CT molecular complexity index is 388. The van der Waals surface area contributed by atoms with Crippen LogP contribution in [-0.4, -0.2) is 37.2 Å². The second kappa shape index (κ2) is 7.04. The largest absolute Gasteiger partial charge is 0.377 e. The van der Waals surface area contributed by atoms with Crippen molar-refractivity contribution in [1.82, 2.24) is 4.90 Å². The molecule has 0 bridgehead atoms. The minimum Gasteiger partial charge on any atom is -0.377 e. The van der Waals surface area contributed by atoms with Crippen LogP contribution in [-0.2, 0) is 4.74 Å². The fourth-order valence-electron chi connectivity index (χ4n) is 2.79. The zero-order chi connectivity index (χ0) is 13.7. The van der Waals surface area contributed by atoms with E-state index in [9.17, 15) is 0 Å². The minimum absolute atomic E-state index is 0.0857. The predicted octanol–water partition coefficient (Wildman–Crippen LogP) is 2.50. The van der Waals surface area contributed by atoms with Crippen LogP contribution in [0.25, 0.3) is 0 Å². The quantitative estimate of drug-likeness (QED) is 0.856. The number of likely N-dealkylation sites (N-methyl/N-ethyl adjacent to an activating group) is 1. The van der Waals surface area contributed by atoms with Gasteiger partial charge in [-0.15, -0.1) is 0 Å². The van der Waals surface area contributed by atoms with Gasteiger partial charge in [0.15, 0.2) is 0 Å². The number of rotatable bonds is 6. The summed E-state index contributed by atoms with van der Waals surface area (Å²) in [7, 11) is 0. The normalized spacial score (nSPS) is 20.9. The molecule has 3 heteroatoms. The molecule has 0 aliphatic carbocycles. The first-order chi connectivity index (χ1) is 9.20. The Kier molecular flexibility index (Phi) is 5.37. The molecule has 106 valence electrons. The third-order valence-electron chi connectivity index (χ3n) is 3.98. The molecule has 0 amide bonds. The standard InChI is InChI=1S/C16H26N2O/c1-3-18(11-14-8-6-10-19-14)12-16(17)15-9-5-4-7-13(15)2/h4-5,7,9,14,16H,3,6,8,10-12,17H2,1-2H3. The van der Waals surface area contributed by atoms with E-state index < -0.39 is 0 Å². The zero-order valence-electron chi connectivity index (χ0n) is 12.1. The maximum absolute atomic E-state index is 6.36. The average molecular weight is 262 g/mol. The highest BCUT2D eigenvalue weighted by Crippen LogP contribution is 2.18. The average Bonchev–Trinajstić information content (AvgIpc) is 2.91. The fraction of sp³-hybridized carbons (Fsp3) is 0.625. The lowest BCUT2D eigenvalue weighted by molar-refractivity contribution is 0.0729. The number of hydrogen-bond acceptors (Lipinski definition) is 3. The van der Waals surface area contributed by atoms with Crippen molar-refractivity contribution in [2.75, 3.05) is 26.2 Å². The van der Waals surface area contributed by atoms with E-state index in [0.29, 0.717) is 6.10 Å². The van der Waals surface area contributed by atoms with Gasteiger partial charge in [-0.25, -0.2) is 0 Å². The van der Waals surface area contributed by atoms with Crippen LogP contribution in [0.4, 0.5) is 0 Å². The third kappa shape index (κ3) is 4.03. The Balaban J connectivity index is 1.92. The number of ether oxygens (including phenoxy) is 1. The first-order valence-corrected chi connectivity index (χ1v) is 7.35. The number of nitrogens with zero attached hydrogens (tertiary/aromatic N) is 1. The van der Waals surface area contributed by atoms with Gasteiger partial charge < -0.3 is 10.5 Å². The van der Waals surface area contributed by atoms with Crippen LogP contribution >= 0.6 is 0 Å². The Morgan fingerprint density at radius 1 is 1.42 bits per heavy atom. The Morgan fingerprint density at radius 3 is 2.84 bits per heavy atom. The highest BCUT2D eigenvalue weighted by molar-refractivity contribution is 5.28. The van der Waals surface area contributed by atoms with Crippen molar-refractivity contribution >= 4 is 0 Å². The summed E-state index contributed by atoms with van der Waals surface area (Å²) >= 11 is 0. The van der Waals surface area contributed by atoms with E-state index in [1.165, 1.54) is 24.0 Å². The molecule has 1 fully saturated rings. The SMILES string of the molecule is CCN(CC1CCCO1)CC(N)c1ccccc1C. The van der Waals surface area contributed by atoms with E-state index in [1.54, 1.807) is 0 Å². The highest BCUT2D eigenvalue weighted by Gasteiger charge is 2.20. The molecule has 3 nitrogen and oxygen atoms in total.